The number of aromatic nitrogens is 2. The molecule has 0 bridgehead atoms. The fourth-order valence-electron chi connectivity index (χ4n) is 3.49. The molecule has 1 aliphatic rings. The highest BCUT2D eigenvalue weighted by atomic mass is 32.2. The van der Waals surface area contributed by atoms with E-state index >= 15 is 0 Å². The molecule has 1 fully saturated rings. The van der Waals surface area contributed by atoms with Gasteiger partial charge in [-0.2, -0.15) is 14.7 Å². The van der Waals surface area contributed by atoms with E-state index in [1.54, 1.807) is 11.1 Å². The molecule has 0 unspecified atom stereocenters. The van der Waals surface area contributed by atoms with Gasteiger partial charge in [0.15, 0.2) is 0 Å². The smallest absolute Gasteiger partial charge is 0.321 e. The first-order valence-electron chi connectivity index (χ1n) is 9.38. The van der Waals surface area contributed by atoms with Crippen molar-refractivity contribution in [3.63, 3.8) is 0 Å². The molecule has 154 valence electrons. The molecular formula is C20H20N6O3S. The lowest BCUT2D eigenvalue weighted by atomic mass is 10.1. The van der Waals surface area contributed by atoms with E-state index in [-0.39, 0.29) is 37.1 Å². The lowest BCUT2D eigenvalue weighted by molar-refractivity contribution is 0.184. The Hall–Kier alpha value is -3.42. The summed E-state index contributed by atoms with van der Waals surface area (Å²) in [6.45, 7) is 2.92. The summed E-state index contributed by atoms with van der Waals surface area (Å²) >= 11 is 0. The first kappa shape index (κ1) is 19.9. The molecule has 10 heteroatoms. The number of nitriles is 1. The molecule has 2 heterocycles. The van der Waals surface area contributed by atoms with E-state index < -0.39 is 10.0 Å². The predicted molar refractivity (Wildman–Crippen MR) is 111 cm³/mol. The molecule has 0 saturated carbocycles. The molecule has 1 saturated heterocycles. The van der Waals surface area contributed by atoms with Crippen molar-refractivity contribution in [3.05, 3.63) is 53.7 Å². The van der Waals surface area contributed by atoms with Crippen LogP contribution < -0.4 is 5.32 Å². The minimum atomic E-state index is -3.66. The van der Waals surface area contributed by atoms with Crippen molar-refractivity contribution in [3.8, 4) is 6.07 Å². The van der Waals surface area contributed by atoms with E-state index in [1.807, 2.05) is 25.1 Å². The maximum absolute atomic E-state index is 12.8. The van der Waals surface area contributed by atoms with Crippen LogP contribution in [0.4, 0.5) is 10.5 Å². The van der Waals surface area contributed by atoms with Gasteiger partial charge in [-0.05, 0) is 48.9 Å². The quantitative estimate of drug-likeness (QED) is 0.668. The van der Waals surface area contributed by atoms with E-state index in [2.05, 4.69) is 15.5 Å². The molecule has 30 heavy (non-hydrogen) atoms. The highest BCUT2D eigenvalue weighted by Crippen LogP contribution is 2.22. The largest absolute Gasteiger partial charge is 0.322 e. The molecule has 4 rings (SSSR count). The number of aromatic amines is 1. The number of anilines is 1. The number of nitrogens with zero attached hydrogens (tertiary/aromatic N) is 4. The number of amides is 2. The van der Waals surface area contributed by atoms with Gasteiger partial charge in [0.05, 0.1) is 28.2 Å². The molecule has 2 N–H and O–H groups in total. The van der Waals surface area contributed by atoms with Crippen LogP contribution >= 0.6 is 0 Å². The Morgan fingerprint density at radius 1 is 1.17 bits per heavy atom. The number of rotatable bonds is 3. The maximum Gasteiger partial charge on any atom is 0.321 e. The predicted octanol–water partition coefficient (Wildman–Crippen LogP) is 2.28. The van der Waals surface area contributed by atoms with Crippen LogP contribution in [-0.2, 0) is 10.0 Å². The topological polar surface area (TPSA) is 122 Å². The van der Waals surface area contributed by atoms with E-state index in [4.69, 9.17) is 5.26 Å². The van der Waals surface area contributed by atoms with Crippen molar-refractivity contribution in [2.24, 2.45) is 0 Å². The van der Waals surface area contributed by atoms with Crippen LogP contribution in [0, 0.1) is 18.3 Å². The van der Waals surface area contributed by atoms with Crippen molar-refractivity contribution in [2.45, 2.75) is 11.8 Å². The lowest BCUT2D eigenvalue weighted by Crippen LogP contribution is -2.51. The molecule has 2 amide bonds. The van der Waals surface area contributed by atoms with Gasteiger partial charge >= 0.3 is 6.03 Å². The van der Waals surface area contributed by atoms with Crippen molar-refractivity contribution >= 4 is 32.6 Å². The van der Waals surface area contributed by atoms with Gasteiger partial charge in [0.1, 0.15) is 0 Å². The second kappa shape index (κ2) is 7.78. The third-order valence-electron chi connectivity index (χ3n) is 5.16. The van der Waals surface area contributed by atoms with Crippen LogP contribution in [0.2, 0.25) is 0 Å². The van der Waals surface area contributed by atoms with E-state index in [1.165, 1.54) is 28.6 Å². The number of piperazine rings is 1. The highest BCUT2D eigenvalue weighted by molar-refractivity contribution is 7.89. The second-order valence-electron chi connectivity index (χ2n) is 7.08. The van der Waals surface area contributed by atoms with Crippen LogP contribution in [0.15, 0.2) is 47.5 Å². The zero-order valence-electron chi connectivity index (χ0n) is 16.3. The maximum atomic E-state index is 12.8. The van der Waals surface area contributed by atoms with Gasteiger partial charge < -0.3 is 10.2 Å². The number of nitrogens with one attached hydrogen (secondary N) is 2. The third-order valence-corrected chi connectivity index (χ3v) is 7.08. The number of benzene rings is 2. The molecule has 0 aliphatic carbocycles. The molecule has 1 aliphatic heterocycles. The van der Waals surface area contributed by atoms with E-state index in [0.29, 0.717) is 11.3 Å². The van der Waals surface area contributed by atoms with Crippen LogP contribution in [0.25, 0.3) is 10.9 Å². The van der Waals surface area contributed by atoms with Crippen LogP contribution in [-0.4, -0.2) is 60.0 Å². The molecule has 3 aromatic rings. The molecule has 2 aromatic carbocycles. The summed E-state index contributed by atoms with van der Waals surface area (Å²) < 4.78 is 27.0. The Morgan fingerprint density at radius 3 is 2.53 bits per heavy atom. The Labute approximate surface area is 174 Å². The molecule has 0 spiro atoms. The SMILES string of the molecule is Cc1cc(NC(=O)N2CCN(S(=O)(=O)c3ccc(C#N)cc3)CC2)cc2[nH]ncc12. The monoisotopic (exact) mass is 424 g/mol. The zero-order valence-corrected chi connectivity index (χ0v) is 17.1. The van der Waals surface area contributed by atoms with Gasteiger partial charge in [-0.3, -0.25) is 5.10 Å². The van der Waals surface area contributed by atoms with Gasteiger partial charge in [-0.1, -0.05) is 0 Å². The fourth-order valence-corrected chi connectivity index (χ4v) is 4.91. The van der Waals surface area contributed by atoms with Crippen molar-refractivity contribution in [1.82, 2.24) is 19.4 Å². The summed E-state index contributed by atoms with van der Waals surface area (Å²) in [5, 5.41) is 19.6. The number of sulfonamides is 1. The number of urea groups is 1. The summed E-state index contributed by atoms with van der Waals surface area (Å²) in [5.74, 6) is 0. The summed E-state index contributed by atoms with van der Waals surface area (Å²) in [5.41, 5.74) is 2.89. The van der Waals surface area contributed by atoms with E-state index in [9.17, 15) is 13.2 Å². The van der Waals surface area contributed by atoms with Gasteiger partial charge in [-0.15, -0.1) is 0 Å². The Bertz CT molecular complexity index is 1240. The molecule has 9 nitrogen and oxygen atoms in total. The summed E-state index contributed by atoms with van der Waals surface area (Å²) in [6, 6.07) is 11.2. The molecule has 0 radical (unpaired) electrons. The minimum Gasteiger partial charge on any atom is -0.322 e. The second-order valence-corrected chi connectivity index (χ2v) is 9.02. The number of carbonyl (C=O) groups is 1. The fraction of sp³-hybridized carbons (Fsp3) is 0.250. The average molecular weight is 424 g/mol. The third kappa shape index (κ3) is 3.72. The standard InChI is InChI=1S/C20H20N6O3S/c1-14-10-16(11-19-18(14)13-22-24-19)23-20(27)25-6-8-26(9-7-25)30(28,29)17-4-2-15(12-21)3-5-17/h2-5,10-11,13H,6-9H2,1H3,(H,22,24)(H,23,27). The van der Waals surface area contributed by atoms with Gasteiger partial charge in [0.25, 0.3) is 0 Å². The van der Waals surface area contributed by atoms with Crippen LogP contribution in [0.5, 0.6) is 0 Å². The molecular weight excluding hydrogens is 404 g/mol. The average Bonchev–Trinajstić information content (AvgIpc) is 3.23. The summed E-state index contributed by atoms with van der Waals surface area (Å²) in [6.07, 6.45) is 1.74. The molecule has 0 atom stereocenters. The van der Waals surface area contributed by atoms with Crippen LogP contribution in [0.1, 0.15) is 11.1 Å². The van der Waals surface area contributed by atoms with Gasteiger partial charge in [0.2, 0.25) is 10.0 Å². The highest BCUT2D eigenvalue weighted by Gasteiger charge is 2.30. The number of hydrogen-bond donors (Lipinski definition) is 2. The summed E-state index contributed by atoms with van der Waals surface area (Å²) in [4.78, 5) is 14.4. The van der Waals surface area contributed by atoms with Crippen molar-refractivity contribution in [1.29, 1.82) is 5.26 Å². The summed E-state index contributed by atoms with van der Waals surface area (Å²) in [7, 11) is -3.66. The van der Waals surface area contributed by atoms with Gasteiger partial charge in [-0.25, -0.2) is 13.2 Å². The van der Waals surface area contributed by atoms with Crippen molar-refractivity contribution in [2.75, 3.05) is 31.5 Å². The number of fused-ring (bicyclic) bond motifs is 1. The number of carbonyl (C=O) groups excluding carboxylic acids is 1. The van der Waals surface area contributed by atoms with Gasteiger partial charge in [0, 0.05) is 37.3 Å². The van der Waals surface area contributed by atoms with E-state index in [0.717, 1.165) is 16.5 Å². The number of aryl methyl sites for hydroxylation is 1. The Kier molecular flexibility index (Phi) is 5.15. The number of hydrogen-bond acceptors (Lipinski definition) is 5. The first-order valence-corrected chi connectivity index (χ1v) is 10.8. The Morgan fingerprint density at radius 2 is 1.87 bits per heavy atom. The number of H-pyrrole nitrogens is 1. The lowest BCUT2D eigenvalue weighted by Gasteiger charge is -2.34. The normalized spacial score (nSPS) is 15.1. The zero-order chi connectivity index (χ0) is 21.3. The minimum absolute atomic E-state index is 0.141. The first-order chi connectivity index (χ1) is 14.4. The molecule has 1 aromatic heterocycles. The Balaban J connectivity index is 1.40. The van der Waals surface area contributed by atoms with Crippen molar-refractivity contribution < 1.29 is 13.2 Å². The van der Waals surface area contributed by atoms with Crippen LogP contribution in [0.3, 0.4) is 0 Å².